The average molecular weight is 378 g/mol. The minimum Gasteiger partial charge on any atom is -0.507 e. The molecular weight excluding hydrogens is 355 g/mol. The van der Waals surface area contributed by atoms with Crippen molar-refractivity contribution >= 4 is 31.0 Å². The van der Waals surface area contributed by atoms with Crippen LogP contribution in [-0.4, -0.2) is 27.8 Å². The van der Waals surface area contributed by atoms with Crippen LogP contribution in [-0.2, 0) is 15.3 Å². The molecular formula is C19H21O4PS. The van der Waals surface area contributed by atoms with Gasteiger partial charge in [-0.15, -0.1) is 0 Å². The van der Waals surface area contributed by atoms with Crippen LogP contribution in [0.5, 0.6) is 11.5 Å². The minimum atomic E-state index is -1.28. The van der Waals surface area contributed by atoms with Crippen LogP contribution >= 0.6 is 9.47 Å². The molecule has 3 unspecified atom stereocenters. The lowest BCUT2D eigenvalue weighted by atomic mass is 10.1. The molecule has 0 aromatic heterocycles. The molecule has 3 aromatic carbocycles. The van der Waals surface area contributed by atoms with Crippen molar-refractivity contribution in [1.29, 1.82) is 0 Å². The number of benzene rings is 3. The predicted molar refractivity (Wildman–Crippen MR) is 106 cm³/mol. The molecule has 0 spiro atoms. The average Bonchev–Trinajstić information content (AvgIpc) is 2.65. The summed E-state index contributed by atoms with van der Waals surface area (Å²) in [4.78, 5) is 0.681. The maximum absolute atomic E-state index is 12.8. The fourth-order valence-corrected chi connectivity index (χ4v) is 4.21. The van der Waals surface area contributed by atoms with E-state index in [2.05, 4.69) is 9.47 Å². The molecule has 0 saturated carbocycles. The van der Waals surface area contributed by atoms with Gasteiger partial charge in [0.15, 0.2) is 0 Å². The van der Waals surface area contributed by atoms with Gasteiger partial charge in [-0.05, 0) is 24.3 Å². The second kappa shape index (κ2) is 8.43. The van der Waals surface area contributed by atoms with Gasteiger partial charge in [0.1, 0.15) is 24.2 Å². The minimum absolute atomic E-state index is 0. The summed E-state index contributed by atoms with van der Waals surface area (Å²) in [6, 6.07) is 20.1. The van der Waals surface area contributed by atoms with E-state index in [0.29, 0.717) is 22.6 Å². The van der Waals surface area contributed by atoms with Crippen LogP contribution in [0, 0.1) is 0 Å². The van der Waals surface area contributed by atoms with Crippen LogP contribution in [0.25, 0.3) is 10.8 Å². The second-order valence-electron chi connectivity index (χ2n) is 5.52. The highest BCUT2D eigenvalue weighted by molar-refractivity contribution is 7.85. The van der Waals surface area contributed by atoms with Crippen LogP contribution in [0.1, 0.15) is 1.43 Å². The summed E-state index contributed by atoms with van der Waals surface area (Å²) in [6.45, 7) is 0.301. The lowest BCUT2D eigenvalue weighted by molar-refractivity contribution is 0.167. The molecule has 0 bridgehead atoms. The van der Waals surface area contributed by atoms with Crippen molar-refractivity contribution in [3.05, 3.63) is 66.7 Å². The highest BCUT2D eigenvalue weighted by Gasteiger charge is 2.17. The van der Waals surface area contributed by atoms with Crippen molar-refractivity contribution in [3.8, 4) is 11.5 Å². The third kappa shape index (κ3) is 4.37. The molecule has 0 aliphatic carbocycles. The Morgan fingerprint density at radius 3 is 2.48 bits per heavy atom. The molecule has 0 fully saturated rings. The zero-order chi connectivity index (χ0) is 17.6. The number of phenols is 1. The molecule has 3 atom stereocenters. The molecule has 132 valence electrons. The second-order valence-corrected chi connectivity index (χ2v) is 7.26. The number of rotatable bonds is 7. The number of phenolic OH excluding ortho intramolecular Hbond substituents is 1. The Morgan fingerprint density at radius 1 is 1.00 bits per heavy atom. The van der Waals surface area contributed by atoms with Gasteiger partial charge < -0.3 is 14.4 Å². The van der Waals surface area contributed by atoms with E-state index in [1.807, 2.05) is 48.5 Å². The van der Waals surface area contributed by atoms with E-state index in [4.69, 9.17) is 9.26 Å². The number of hydrogen-bond acceptors (Lipinski definition) is 4. The molecule has 4 nitrogen and oxygen atoms in total. The van der Waals surface area contributed by atoms with Crippen molar-refractivity contribution in [2.24, 2.45) is 0 Å². The summed E-state index contributed by atoms with van der Waals surface area (Å²) in [5.74, 6) is 1.23. The summed E-state index contributed by atoms with van der Waals surface area (Å²) in [7, 11) is 0.931. The van der Waals surface area contributed by atoms with E-state index in [1.165, 1.54) is 0 Å². The SMILES string of the molecule is O=S(CC(COc1ccccc1)OP)c1cccc2c(O)cccc12.[3HH]. The first kappa shape index (κ1) is 17.9. The van der Waals surface area contributed by atoms with Crippen molar-refractivity contribution in [2.75, 3.05) is 12.4 Å². The van der Waals surface area contributed by atoms with Crippen molar-refractivity contribution in [1.82, 2.24) is 0 Å². The smallest absolute Gasteiger partial charge is 0.123 e. The predicted octanol–water partition coefficient (Wildman–Crippen LogP) is 4.15. The van der Waals surface area contributed by atoms with E-state index in [1.54, 1.807) is 18.2 Å². The molecule has 0 radical (unpaired) electrons. The fourth-order valence-electron chi connectivity index (χ4n) is 2.55. The van der Waals surface area contributed by atoms with Gasteiger partial charge in [-0.3, -0.25) is 4.21 Å². The molecule has 0 aliphatic heterocycles. The van der Waals surface area contributed by atoms with Crippen LogP contribution in [0.2, 0.25) is 0 Å². The molecule has 0 heterocycles. The highest BCUT2D eigenvalue weighted by Crippen LogP contribution is 2.29. The number of ether oxygens (including phenoxy) is 1. The number of fused-ring (bicyclic) bond motifs is 1. The van der Waals surface area contributed by atoms with E-state index in [9.17, 15) is 9.32 Å². The monoisotopic (exact) mass is 378 g/mol. The van der Waals surface area contributed by atoms with Crippen molar-refractivity contribution in [2.45, 2.75) is 11.0 Å². The Balaban J connectivity index is 0.00000243. The summed E-state index contributed by atoms with van der Waals surface area (Å²) < 4.78 is 23.9. The van der Waals surface area contributed by atoms with Gasteiger partial charge in [-0.1, -0.05) is 42.5 Å². The molecule has 6 heteroatoms. The van der Waals surface area contributed by atoms with Gasteiger partial charge in [0.05, 0.1) is 16.6 Å². The Morgan fingerprint density at radius 2 is 1.72 bits per heavy atom. The van der Waals surface area contributed by atoms with E-state index >= 15 is 0 Å². The third-order valence-electron chi connectivity index (χ3n) is 3.81. The van der Waals surface area contributed by atoms with Gasteiger partial charge in [0.25, 0.3) is 0 Å². The highest BCUT2D eigenvalue weighted by atomic mass is 32.2. The molecule has 1 N–H and O–H groups in total. The maximum Gasteiger partial charge on any atom is 0.123 e. The van der Waals surface area contributed by atoms with E-state index in [-0.39, 0.29) is 13.3 Å². The summed E-state index contributed by atoms with van der Waals surface area (Å²) in [5, 5.41) is 11.4. The van der Waals surface area contributed by atoms with Crippen LogP contribution in [0.4, 0.5) is 0 Å². The summed E-state index contributed by atoms with van der Waals surface area (Å²) in [6.07, 6.45) is -0.335. The maximum atomic E-state index is 12.8. The largest absolute Gasteiger partial charge is 0.507 e. The molecule has 0 saturated heterocycles. The third-order valence-corrected chi connectivity index (χ3v) is 5.72. The number of hydrogen-bond donors (Lipinski definition) is 1. The standard InChI is InChI=1S/C19H19O4PS.H2/c20-18-10-4-9-17-16(18)8-5-11-19(17)25(21)13-15(23-24)12-22-14-6-2-1-3-7-14;/h1-11,15,20H,12-13,24H2;1H/i;1+2. The van der Waals surface area contributed by atoms with Crippen LogP contribution in [0.3, 0.4) is 0 Å². The van der Waals surface area contributed by atoms with Gasteiger partial charge in [-0.2, -0.15) is 0 Å². The summed E-state index contributed by atoms with van der Waals surface area (Å²) >= 11 is 0. The Kier molecular flexibility index (Phi) is 6.03. The molecule has 25 heavy (non-hydrogen) atoms. The summed E-state index contributed by atoms with van der Waals surface area (Å²) in [5.41, 5.74) is 0. The van der Waals surface area contributed by atoms with E-state index < -0.39 is 10.8 Å². The molecule has 3 aromatic rings. The van der Waals surface area contributed by atoms with Gasteiger partial charge in [0, 0.05) is 26.6 Å². The van der Waals surface area contributed by atoms with Gasteiger partial charge in [-0.25, -0.2) is 0 Å². The zero-order valence-corrected chi connectivity index (χ0v) is 15.5. The normalized spacial score (nSPS) is 13.5. The van der Waals surface area contributed by atoms with Crippen LogP contribution in [0.15, 0.2) is 71.6 Å². The first-order chi connectivity index (χ1) is 12.2. The van der Waals surface area contributed by atoms with E-state index in [0.717, 1.165) is 11.1 Å². The topological polar surface area (TPSA) is 55.8 Å². The van der Waals surface area contributed by atoms with Crippen molar-refractivity contribution in [3.63, 3.8) is 0 Å². The quantitative estimate of drug-likeness (QED) is 0.628. The number of aromatic hydroxyl groups is 1. The Bertz CT molecular complexity index is 876. The first-order valence-electron chi connectivity index (χ1n) is 7.81. The van der Waals surface area contributed by atoms with Crippen LogP contribution < -0.4 is 4.74 Å². The molecule has 3 rings (SSSR count). The van der Waals surface area contributed by atoms with Gasteiger partial charge in [0.2, 0.25) is 0 Å². The van der Waals surface area contributed by atoms with Gasteiger partial charge >= 0.3 is 0 Å². The van der Waals surface area contributed by atoms with Crippen molar-refractivity contribution < 1.29 is 20.0 Å². The molecule has 0 amide bonds. The first-order valence-corrected chi connectivity index (χ1v) is 9.60. The fraction of sp³-hybridized carbons (Fsp3) is 0.158. The zero-order valence-electron chi connectivity index (χ0n) is 13.5. The molecule has 0 aliphatic rings. The Hall–Kier alpha value is -1.94. The Labute approximate surface area is 153 Å². The lowest BCUT2D eigenvalue weighted by Gasteiger charge is -2.16. The lowest BCUT2D eigenvalue weighted by Crippen LogP contribution is -2.25. The number of para-hydroxylation sites is 1.